The van der Waals surface area contributed by atoms with Gasteiger partial charge >= 0.3 is 0 Å². The maximum atomic E-state index is 6.14. The molecule has 0 spiro atoms. The van der Waals surface area contributed by atoms with Crippen molar-refractivity contribution in [2.24, 2.45) is 5.73 Å². The first-order chi connectivity index (χ1) is 10.7. The smallest absolute Gasteiger partial charge is 0.0727 e. The average molecular weight is 320 g/mol. The molecule has 0 aliphatic rings. The number of anilines is 1. The van der Waals surface area contributed by atoms with Crippen molar-refractivity contribution in [1.82, 2.24) is 15.3 Å². The summed E-state index contributed by atoms with van der Waals surface area (Å²) in [6.07, 6.45) is 6.17. The highest BCUT2D eigenvalue weighted by molar-refractivity contribution is 6.31. The van der Waals surface area contributed by atoms with Gasteiger partial charge in [-0.05, 0) is 43.7 Å². The minimum Gasteiger partial charge on any atom is -0.397 e. The average Bonchev–Trinajstić information content (AvgIpc) is 2.53. The molecule has 6 heteroatoms. The van der Waals surface area contributed by atoms with E-state index in [1.54, 1.807) is 12.4 Å². The normalized spacial score (nSPS) is 12.3. The van der Waals surface area contributed by atoms with Crippen molar-refractivity contribution in [3.63, 3.8) is 0 Å². The van der Waals surface area contributed by atoms with Crippen LogP contribution in [-0.4, -0.2) is 22.6 Å². The number of aromatic nitrogens is 2. The van der Waals surface area contributed by atoms with Crippen LogP contribution in [0.2, 0.25) is 5.02 Å². The number of halogens is 1. The van der Waals surface area contributed by atoms with E-state index in [9.17, 15) is 0 Å². The third-order valence-corrected chi connectivity index (χ3v) is 3.86. The summed E-state index contributed by atoms with van der Waals surface area (Å²) in [7, 11) is 0. The number of rotatable bonds is 8. The lowest BCUT2D eigenvalue weighted by atomic mass is 10.0. The van der Waals surface area contributed by atoms with Crippen LogP contribution in [0.1, 0.15) is 24.2 Å². The van der Waals surface area contributed by atoms with Gasteiger partial charge in [-0.15, -0.1) is 0 Å². The van der Waals surface area contributed by atoms with E-state index < -0.39 is 0 Å². The van der Waals surface area contributed by atoms with Gasteiger partial charge in [-0.3, -0.25) is 9.97 Å². The summed E-state index contributed by atoms with van der Waals surface area (Å²) in [6, 6.07) is 7.62. The molecule has 2 aromatic heterocycles. The Morgan fingerprint density at radius 1 is 1.14 bits per heavy atom. The van der Waals surface area contributed by atoms with E-state index in [2.05, 4.69) is 15.3 Å². The van der Waals surface area contributed by atoms with Gasteiger partial charge in [-0.25, -0.2) is 0 Å². The van der Waals surface area contributed by atoms with Gasteiger partial charge in [0.05, 0.1) is 22.1 Å². The van der Waals surface area contributed by atoms with Gasteiger partial charge in [0.1, 0.15) is 0 Å². The fourth-order valence-corrected chi connectivity index (χ4v) is 2.47. The molecule has 2 heterocycles. The Labute approximate surface area is 136 Å². The Hall–Kier alpha value is -1.69. The summed E-state index contributed by atoms with van der Waals surface area (Å²) in [4.78, 5) is 8.66. The molecule has 1 unspecified atom stereocenters. The minimum absolute atomic E-state index is 0.235. The van der Waals surface area contributed by atoms with E-state index in [0.29, 0.717) is 18.1 Å². The number of hydrogen-bond donors (Lipinski definition) is 3. The molecule has 2 rings (SSSR count). The second-order valence-corrected chi connectivity index (χ2v) is 5.59. The van der Waals surface area contributed by atoms with Crippen LogP contribution in [0.5, 0.6) is 0 Å². The van der Waals surface area contributed by atoms with Gasteiger partial charge in [0.2, 0.25) is 0 Å². The lowest BCUT2D eigenvalue weighted by Gasteiger charge is -2.19. The monoisotopic (exact) mass is 319 g/mol. The summed E-state index contributed by atoms with van der Waals surface area (Å²) in [5.74, 6) is 0. The topological polar surface area (TPSA) is 89.8 Å². The second-order valence-electron chi connectivity index (χ2n) is 5.18. The summed E-state index contributed by atoms with van der Waals surface area (Å²) in [6.45, 7) is 1.28. The Morgan fingerprint density at radius 2 is 1.86 bits per heavy atom. The predicted octanol–water partition coefficient (Wildman–Crippen LogP) is 2.15. The standard InChI is InChI=1S/C16H22ClN5/c17-13-5-2-8-21-16(13)11-22-12(4-1-7-18)10-15-14(19)6-3-9-20-15/h2-3,5-6,8-9,12,22H,1,4,7,10-11,18-19H2. The van der Waals surface area contributed by atoms with Crippen LogP contribution < -0.4 is 16.8 Å². The molecule has 0 aliphatic carbocycles. The van der Waals surface area contributed by atoms with Gasteiger partial charge in [0, 0.05) is 31.4 Å². The number of hydrogen-bond acceptors (Lipinski definition) is 5. The Kier molecular flexibility index (Phi) is 6.58. The van der Waals surface area contributed by atoms with E-state index in [1.807, 2.05) is 24.3 Å². The SMILES string of the molecule is NCCCC(Cc1ncccc1N)NCc1ncccc1Cl. The fraction of sp³-hybridized carbons (Fsp3) is 0.375. The van der Waals surface area contributed by atoms with Gasteiger partial charge in [0.25, 0.3) is 0 Å². The zero-order chi connectivity index (χ0) is 15.8. The molecule has 0 radical (unpaired) electrons. The fourth-order valence-electron chi connectivity index (χ4n) is 2.28. The summed E-state index contributed by atoms with van der Waals surface area (Å²) < 4.78 is 0. The van der Waals surface area contributed by atoms with Crippen LogP contribution in [0.3, 0.4) is 0 Å². The van der Waals surface area contributed by atoms with Crippen molar-refractivity contribution >= 4 is 17.3 Å². The molecule has 5 N–H and O–H groups in total. The van der Waals surface area contributed by atoms with Crippen molar-refractivity contribution in [2.45, 2.75) is 31.8 Å². The lowest BCUT2D eigenvalue weighted by Crippen LogP contribution is -2.32. The Bertz CT molecular complexity index is 590. The number of nitrogens with zero attached hydrogens (tertiary/aromatic N) is 2. The van der Waals surface area contributed by atoms with Crippen LogP contribution in [0.25, 0.3) is 0 Å². The molecule has 5 nitrogen and oxygen atoms in total. The molecule has 22 heavy (non-hydrogen) atoms. The number of nitrogens with two attached hydrogens (primary N) is 2. The molecule has 0 saturated carbocycles. The number of nitrogen functional groups attached to an aromatic ring is 1. The van der Waals surface area contributed by atoms with Crippen LogP contribution >= 0.6 is 11.6 Å². The molecule has 0 fully saturated rings. The van der Waals surface area contributed by atoms with Gasteiger partial charge < -0.3 is 16.8 Å². The van der Waals surface area contributed by atoms with E-state index in [0.717, 1.165) is 36.3 Å². The second kappa shape index (κ2) is 8.68. The summed E-state index contributed by atoms with van der Waals surface area (Å²) in [5, 5.41) is 4.16. The van der Waals surface area contributed by atoms with Gasteiger partial charge in [0.15, 0.2) is 0 Å². The molecular formula is C16H22ClN5. The Morgan fingerprint density at radius 3 is 2.55 bits per heavy atom. The highest BCUT2D eigenvalue weighted by atomic mass is 35.5. The van der Waals surface area contributed by atoms with Gasteiger partial charge in [-0.1, -0.05) is 11.6 Å². The predicted molar refractivity (Wildman–Crippen MR) is 90.5 cm³/mol. The zero-order valence-corrected chi connectivity index (χ0v) is 13.3. The number of pyridine rings is 2. The lowest BCUT2D eigenvalue weighted by molar-refractivity contribution is 0.460. The highest BCUT2D eigenvalue weighted by Gasteiger charge is 2.13. The molecule has 118 valence electrons. The zero-order valence-electron chi connectivity index (χ0n) is 12.5. The van der Waals surface area contributed by atoms with Crippen molar-refractivity contribution in [3.8, 4) is 0 Å². The molecule has 0 amide bonds. The van der Waals surface area contributed by atoms with E-state index in [1.165, 1.54) is 0 Å². The maximum Gasteiger partial charge on any atom is 0.0727 e. The third kappa shape index (κ3) is 4.94. The Balaban J connectivity index is 2.00. The van der Waals surface area contributed by atoms with Crippen LogP contribution in [0.15, 0.2) is 36.7 Å². The van der Waals surface area contributed by atoms with Crippen LogP contribution in [-0.2, 0) is 13.0 Å². The van der Waals surface area contributed by atoms with Crippen LogP contribution in [0, 0.1) is 0 Å². The molecule has 1 atom stereocenters. The van der Waals surface area contributed by atoms with Crippen molar-refractivity contribution in [3.05, 3.63) is 53.1 Å². The minimum atomic E-state index is 0.235. The number of nitrogens with one attached hydrogen (secondary N) is 1. The molecule has 2 aromatic rings. The molecule has 0 bridgehead atoms. The van der Waals surface area contributed by atoms with Gasteiger partial charge in [-0.2, -0.15) is 0 Å². The van der Waals surface area contributed by atoms with E-state index >= 15 is 0 Å². The van der Waals surface area contributed by atoms with Crippen molar-refractivity contribution < 1.29 is 0 Å². The van der Waals surface area contributed by atoms with E-state index in [-0.39, 0.29) is 6.04 Å². The first-order valence-corrected chi connectivity index (χ1v) is 7.80. The molecular weight excluding hydrogens is 298 g/mol. The molecule has 0 saturated heterocycles. The van der Waals surface area contributed by atoms with E-state index in [4.69, 9.17) is 23.1 Å². The van der Waals surface area contributed by atoms with Crippen LogP contribution in [0.4, 0.5) is 5.69 Å². The molecule has 0 aliphatic heterocycles. The first-order valence-electron chi connectivity index (χ1n) is 7.43. The van der Waals surface area contributed by atoms with Crippen molar-refractivity contribution in [2.75, 3.05) is 12.3 Å². The summed E-state index contributed by atoms with van der Waals surface area (Å²) in [5.41, 5.74) is 14.1. The third-order valence-electron chi connectivity index (χ3n) is 3.51. The quantitative estimate of drug-likeness (QED) is 0.693. The van der Waals surface area contributed by atoms with Crippen molar-refractivity contribution in [1.29, 1.82) is 0 Å². The first kappa shape index (κ1) is 16.7. The highest BCUT2D eigenvalue weighted by Crippen LogP contribution is 2.15. The largest absolute Gasteiger partial charge is 0.397 e. The summed E-state index contributed by atoms with van der Waals surface area (Å²) >= 11 is 6.14. The molecule has 0 aromatic carbocycles. The maximum absolute atomic E-state index is 6.14.